The number of hydrogen-bond donors (Lipinski definition) is 1. The van der Waals surface area contributed by atoms with E-state index in [9.17, 15) is 4.79 Å². The highest BCUT2D eigenvalue weighted by atomic mass is 16.2. The number of anilines is 1. The molecule has 132 valence electrons. The average molecular weight is 346 g/mol. The van der Waals surface area contributed by atoms with E-state index < -0.39 is 0 Å². The largest absolute Gasteiger partial charge is 0.330 e. The van der Waals surface area contributed by atoms with Gasteiger partial charge in [-0.05, 0) is 17.2 Å². The highest BCUT2D eigenvalue weighted by Gasteiger charge is 2.29. The molecule has 2 heterocycles. The van der Waals surface area contributed by atoms with E-state index in [4.69, 9.17) is 0 Å². The Labute approximate surface area is 153 Å². The van der Waals surface area contributed by atoms with Gasteiger partial charge in [0.15, 0.2) is 0 Å². The second-order valence-corrected chi connectivity index (χ2v) is 6.69. The number of imidazole rings is 1. The summed E-state index contributed by atoms with van der Waals surface area (Å²) in [6.07, 6.45) is 3.72. The number of hydrogen-bond acceptors (Lipinski definition) is 2. The number of rotatable bonds is 4. The molecule has 4 rings (SSSR count). The molecule has 1 atom stereocenters. The summed E-state index contributed by atoms with van der Waals surface area (Å²) in [6, 6.07) is 18.3. The highest BCUT2D eigenvalue weighted by molar-refractivity contribution is 5.94. The molecule has 5 nitrogen and oxygen atoms in total. The van der Waals surface area contributed by atoms with Crippen molar-refractivity contribution in [2.45, 2.75) is 25.9 Å². The third-order valence-corrected chi connectivity index (χ3v) is 4.86. The van der Waals surface area contributed by atoms with Gasteiger partial charge in [0.05, 0.1) is 6.54 Å². The monoisotopic (exact) mass is 346 g/mol. The summed E-state index contributed by atoms with van der Waals surface area (Å²) < 4.78 is 2.07. The Kier molecular flexibility index (Phi) is 4.44. The lowest BCUT2D eigenvalue weighted by Gasteiger charge is -2.18. The molecule has 0 bridgehead atoms. The smallest absolute Gasteiger partial charge is 0.322 e. The van der Waals surface area contributed by atoms with Gasteiger partial charge < -0.3 is 9.88 Å². The zero-order chi connectivity index (χ0) is 17.9. The maximum Gasteiger partial charge on any atom is 0.322 e. The standard InChI is InChI=1S/C21H22N4O/c1-16-14-25(19-10-6-5-9-18(16)19)21(26)23-13-20-22-11-12-24(20)15-17-7-3-2-4-8-17/h2-12,16H,13-15H2,1H3,(H,23,26). The third-order valence-electron chi connectivity index (χ3n) is 4.86. The van der Waals surface area contributed by atoms with Crippen molar-refractivity contribution in [2.75, 3.05) is 11.4 Å². The van der Waals surface area contributed by atoms with Crippen molar-refractivity contribution in [1.82, 2.24) is 14.9 Å². The lowest BCUT2D eigenvalue weighted by Crippen LogP contribution is -2.39. The Morgan fingerprint density at radius 1 is 1.15 bits per heavy atom. The van der Waals surface area contributed by atoms with Crippen LogP contribution in [0.4, 0.5) is 10.5 Å². The van der Waals surface area contributed by atoms with Crippen molar-refractivity contribution < 1.29 is 4.79 Å². The summed E-state index contributed by atoms with van der Waals surface area (Å²) >= 11 is 0. The summed E-state index contributed by atoms with van der Waals surface area (Å²) in [5, 5.41) is 3.02. The molecular formula is C21H22N4O. The molecule has 0 spiro atoms. The zero-order valence-electron chi connectivity index (χ0n) is 14.8. The van der Waals surface area contributed by atoms with E-state index >= 15 is 0 Å². The van der Waals surface area contributed by atoms with Crippen molar-refractivity contribution in [2.24, 2.45) is 0 Å². The zero-order valence-corrected chi connectivity index (χ0v) is 14.8. The van der Waals surface area contributed by atoms with Gasteiger partial charge in [0.1, 0.15) is 5.82 Å². The summed E-state index contributed by atoms with van der Waals surface area (Å²) in [7, 11) is 0. The maximum atomic E-state index is 12.7. The van der Waals surface area contributed by atoms with Gasteiger partial charge in [0.25, 0.3) is 0 Å². The maximum absolute atomic E-state index is 12.7. The van der Waals surface area contributed by atoms with E-state index in [1.54, 1.807) is 6.20 Å². The van der Waals surface area contributed by atoms with Crippen LogP contribution in [-0.4, -0.2) is 22.1 Å². The number of nitrogens with one attached hydrogen (secondary N) is 1. The van der Waals surface area contributed by atoms with Crippen molar-refractivity contribution in [3.8, 4) is 0 Å². The highest BCUT2D eigenvalue weighted by Crippen LogP contribution is 2.35. The Bertz CT molecular complexity index is 903. The summed E-state index contributed by atoms with van der Waals surface area (Å²) in [4.78, 5) is 18.9. The number of amides is 2. The van der Waals surface area contributed by atoms with E-state index in [-0.39, 0.29) is 6.03 Å². The molecule has 0 aliphatic carbocycles. The molecule has 0 saturated heterocycles. The molecule has 3 aromatic rings. The molecule has 1 unspecified atom stereocenters. The predicted octanol–water partition coefficient (Wildman–Crippen LogP) is 3.76. The number of para-hydroxylation sites is 1. The number of fused-ring (bicyclic) bond motifs is 1. The molecule has 0 fully saturated rings. The first-order valence-corrected chi connectivity index (χ1v) is 8.90. The fourth-order valence-corrected chi connectivity index (χ4v) is 3.49. The molecule has 5 heteroatoms. The molecule has 2 aromatic carbocycles. The van der Waals surface area contributed by atoms with Gasteiger partial charge in [0.2, 0.25) is 0 Å². The molecule has 0 radical (unpaired) electrons. The van der Waals surface area contributed by atoms with Crippen LogP contribution >= 0.6 is 0 Å². The van der Waals surface area contributed by atoms with Crippen molar-refractivity contribution in [3.63, 3.8) is 0 Å². The Morgan fingerprint density at radius 2 is 1.92 bits per heavy atom. The van der Waals surface area contributed by atoms with Gasteiger partial charge in [-0.3, -0.25) is 4.90 Å². The van der Waals surface area contributed by atoms with Crippen LogP contribution in [0, 0.1) is 0 Å². The minimum absolute atomic E-state index is 0.0731. The molecule has 1 N–H and O–H groups in total. The van der Waals surface area contributed by atoms with E-state index in [1.807, 2.05) is 47.5 Å². The number of urea groups is 1. The van der Waals surface area contributed by atoms with Crippen LogP contribution in [0.1, 0.15) is 29.8 Å². The molecule has 26 heavy (non-hydrogen) atoms. The fourth-order valence-electron chi connectivity index (χ4n) is 3.49. The van der Waals surface area contributed by atoms with Gasteiger partial charge in [-0.15, -0.1) is 0 Å². The topological polar surface area (TPSA) is 50.2 Å². The van der Waals surface area contributed by atoms with E-state index in [0.717, 1.165) is 18.1 Å². The van der Waals surface area contributed by atoms with E-state index in [0.29, 0.717) is 19.0 Å². The van der Waals surface area contributed by atoms with Crippen LogP contribution in [-0.2, 0) is 13.1 Å². The van der Waals surface area contributed by atoms with Crippen LogP contribution in [0.3, 0.4) is 0 Å². The summed E-state index contributed by atoms with van der Waals surface area (Å²) in [5.74, 6) is 1.21. The normalized spacial score (nSPS) is 15.7. The van der Waals surface area contributed by atoms with Gasteiger partial charge in [-0.1, -0.05) is 55.5 Å². The Morgan fingerprint density at radius 3 is 2.77 bits per heavy atom. The molecule has 0 saturated carbocycles. The van der Waals surface area contributed by atoms with E-state index in [2.05, 4.69) is 40.0 Å². The number of carbonyl (C=O) groups excluding carboxylic acids is 1. The van der Waals surface area contributed by atoms with Crippen molar-refractivity contribution in [1.29, 1.82) is 0 Å². The van der Waals surface area contributed by atoms with Crippen molar-refractivity contribution in [3.05, 3.63) is 83.9 Å². The average Bonchev–Trinajstić information content (AvgIpc) is 3.25. The molecule has 2 amide bonds. The van der Waals surface area contributed by atoms with Gasteiger partial charge >= 0.3 is 6.03 Å². The first-order valence-electron chi connectivity index (χ1n) is 8.90. The lowest BCUT2D eigenvalue weighted by atomic mass is 10.0. The predicted molar refractivity (Wildman–Crippen MR) is 102 cm³/mol. The minimum Gasteiger partial charge on any atom is -0.330 e. The number of benzene rings is 2. The number of carbonyl (C=O) groups is 1. The summed E-state index contributed by atoms with van der Waals surface area (Å²) in [6.45, 7) is 4.02. The van der Waals surface area contributed by atoms with Crippen molar-refractivity contribution >= 4 is 11.7 Å². The van der Waals surface area contributed by atoms with Crippen LogP contribution in [0.5, 0.6) is 0 Å². The number of aromatic nitrogens is 2. The molecule has 1 aromatic heterocycles. The van der Waals surface area contributed by atoms with Crippen LogP contribution in [0.2, 0.25) is 0 Å². The van der Waals surface area contributed by atoms with Crippen LogP contribution in [0.25, 0.3) is 0 Å². The first-order chi connectivity index (χ1) is 12.7. The van der Waals surface area contributed by atoms with Gasteiger partial charge in [0, 0.05) is 37.1 Å². The number of nitrogens with zero attached hydrogens (tertiary/aromatic N) is 3. The molecule has 1 aliphatic rings. The second-order valence-electron chi connectivity index (χ2n) is 6.69. The van der Waals surface area contributed by atoms with Crippen LogP contribution in [0.15, 0.2) is 67.0 Å². The summed E-state index contributed by atoms with van der Waals surface area (Å²) in [5.41, 5.74) is 3.44. The van der Waals surface area contributed by atoms with E-state index in [1.165, 1.54) is 11.1 Å². The minimum atomic E-state index is -0.0731. The quantitative estimate of drug-likeness (QED) is 0.782. The third kappa shape index (κ3) is 3.20. The van der Waals surface area contributed by atoms with Gasteiger partial charge in [-0.25, -0.2) is 9.78 Å². The SMILES string of the molecule is CC1CN(C(=O)NCc2nccn2Cc2ccccc2)c2ccccc21. The second kappa shape index (κ2) is 7.04. The fraction of sp³-hybridized carbons (Fsp3) is 0.238. The Hall–Kier alpha value is -3.08. The first kappa shape index (κ1) is 16.4. The van der Waals surface area contributed by atoms with Gasteiger partial charge in [-0.2, -0.15) is 0 Å². The Balaban J connectivity index is 1.43. The lowest BCUT2D eigenvalue weighted by molar-refractivity contribution is 0.246. The van der Waals surface area contributed by atoms with Crippen LogP contribution < -0.4 is 10.2 Å². The molecular weight excluding hydrogens is 324 g/mol. The molecule has 1 aliphatic heterocycles.